The largest absolute Gasteiger partial charge is 0.348 e. The van der Waals surface area contributed by atoms with E-state index in [4.69, 9.17) is 11.6 Å². The van der Waals surface area contributed by atoms with E-state index in [1.165, 1.54) is 0 Å². The molecule has 0 radical (unpaired) electrons. The van der Waals surface area contributed by atoms with E-state index in [2.05, 4.69) is 31.3 Å². The Hall–Kier alpha value is -1.40. The molecule has 0 aromatic carbocycles. The Bertz CT molecular complexity index is 573. The maximum atomic E-state index is 12.1. The van der Waals surface area contributed by atoms with Crippen molar-refractivity contribution in [2.75, 3.05) is 0 Å². The predicted molar refractivity (Wildman–Crippen MR) is 76.1 cm³/mol. The van der Waals surface area contributed by atoms with Crippen LogP contribution in [0, 0.1) is 0 Å². The quantitative estimate of drug-likeness (QED) is 0.868. The number of rotatable bonds is 4. The van der Waals surface area contributed by atoms with Crippen molar-refractivity contribution in [1.29, 1.82) is 0 Å². The van der Waals surface area contributed by atoms with Crippen LogP contribution in [0.15, 0.2) is 35.2 Å². The van der Waals surface area contributed by atoms with E-state index in [0.29, 0.717) is 16.6 Å². The summed E-state index contributed by atoms with van der Waals surface area (Å²) in [6, 6.07) is 3.41. The molecule has 2 heterocycles. The van der Waals surface area contributed by atoms with Gasteiger partial charge in [0.05, 0.1) is 12.1 Å². The van der Waals surface area contributed by atoms with Gasteiger partial charge in [0.2, 0.25) is 0 Å². The van der Waals surface area contributed by atoms with Crippen LogP contribution in [-0.2, 0) is 6.54 Å². The van der Waals surface area contributed by atoms with Crippen molar-refractivity contribution in [2.45, 2.75) is 19.5 Å². The molecule has 2 aromatic rings. The van der Waals surface area contributed by atoms with E-state index in [1.54, 1.807) is 23.1 Å². The third kappa shape index (κ3) is 3.78. The fourth-order valence-electron chi connectivity index (χ4n) is 1.62. The summed E-state index contributed by atoms with van der Waals surface area (Å²) >= 11 is 9.17. The maximum Gasteiger partial charge on any atom is 0.254 e. The maximum absolute atomic E-state index is 12.1. The Morgan fingerprint density at radius 2 is 2.42 bits per heavy atom. The SMILES string of the molecule is CC(Cn1cccn1)NC(=O)c1cc(Br)cnc1Cl. The smallest absolute Gasteiger partial charge is 0.254 e. The van der Waals surface area contributed by atoms with Gasteiger partial charge < -0.3 is 5.32 Å². The minimum Gasteiger partial charge on any atom is -0.348 e. The van der Waals surface area contributed by atoms with Gasteiger partial charge in [0.25, 0.3) is 5.91 Å². The Labute approximate surface area is 124 Å². The first-order valence-electron chi connectivity index (χ1n) is 5.65. The van der Waals surface area contributed by atoms with Crippen molar-refractivity contribution in [3.05, 3.63) is 45.9 Å². The minimum atomic E-state index is -0.251. The molecule has 0 fully saturated rings. The monoisotopic (exact) mass is 342 g/mol. The molecule has 0 aliphatic carbocycles. The Kier molecular flexibility index (Phi) is 4.55. The molecule has 1 atom stereocenters. The summed E-state index contributed by atoms with van der Waals surface area (Å²) < 4.78 is 2.47. The molecule has 2 aromatic heterocycles. The van der Waals surface area contributed by atoms with E-state index in [1.807, 2.05) is 19.2 Å². The van der Waals surface area contributed by atoms with Crippen LogP contribution < -0.4 is 5.32 Å². The van der Waals surface area contributed by atoms with Gasteiger partial charge in [-0.05, 0) is 35.0 Å². The summed E-state index contributed by atoms with van der Waals surface area (Å²) in [5.41, 5.74) is 0.350. The fourth-order valence-corrected chi connectivity index (χ4v) is 2.14. The van der Waals surface area contributed by atoms with Gasteiger partial charge in [0.15, 0.2) is 0 Å². The Morgan fingerprint density at radius 1 is 1.63 bits per heavy atom. The first-order chi connectivity index (χ1) is 9.06. The van der Waals surface area contributed by atoms with Crippen molar-refractivity contribution in [3.63, 3.8) is 0 Å². The molecule has 1 unspecified atom stereocenters. The summed E-state index contributed by atoms with van der Waals surface area (Å²) in [4.78, 5) is 16.0. The van der Waals surface area contributed by atoms with Gasteiger partial charge in [-0.15, -0.1) is 0 Å². The Balaban J connectivity index is 2.02. The molecule has 1 N–H and O–H groups in total. The Morgan fingerprint density at radius 3 is 3.11 bits per heavy atom. The highest BCUT2D eigenvalue weighted by Gasteiger charge is 2.14. The number of carbonyl (C=O) groups is 1. The molecule has 0 bridgehead atoms. The van der Waals surface area contributed by atoms with Crippen LogP contribution in [0.1, 0.15) is 17.3 Å². The molecule has 5 nitrogen and oxygen atoms in total. The second kappa shape index (κ2) is 6.16. The second-order valence-corrected chi connectivity index (χ2v) is 5.37. The average molecular weight is 344 g/mol. The van der Waals surface area contributed by atoms with Gasteiger partial charge in [0.1, 0.15) is 5.15 Å². The van der Waals surface area contributed by atoms with Crippen LogP contribution in [0.2, 0.25) is 5.15 Å². The molecule has 2 rings (SSSR count). The number of halogens is 2. The molecular weight excluding hydrogens is 332 g/mol. The lowest BCUT2D eigenvalue weighted by atomic mass is 10.2. The zero-order valence-corrected chi connectivity index (χ0v) is 12.5. The number of pyridine rings is 1. The molecule has 0 aliphatic rings. The fraction of sp³-hybridized carbons (Fsp3) is 0.250. The summed E-state index contributed by atoms with van der Waals surface area (Å²) in [5, 5.41) is 7.13. The topological polar surface area (TPSA) is 59.8 Å². The highest BCUT2D eigenvalue weighted by atomic mass is 79.9. The number of amides is 1. The van der Waals surface area contributed by atoms with Crippen LogP contribution in [0.5, 0.6) is 0 Å². The van der Waals surface area contributed by atoms with E-state index in [-0.39, 0.29) is 17.1 Å². The molecule has 0 spiro atoms. The van der Waals surface area contributed by atoms with Crippen LogP contribution in [0.25, 0.3) is 0 Å². The van der Waals surface area contributed by atoms with E-state index in [9.17, 15) is 4.79 Å². The summed E-state index contributed by atoms with van der Waals surface area (Å²) in [6.07, 6.45) is 5.09. The molecule has 100 valence electrons. The van der Waals surface area contributed by atoms with E-state index in [0.717, 1.165) is 0 Å². The number of hydrogen-bond donors (Lipinski definition) is 1. The lowest BCUT2D eigenvalue weighted by molar-refractivity contribution is 0.0935. The van der Waals surface area contributed by atoms with Crippen molar-refractivity contribution in [1.82, 2.24) is 20.1 Å². The van der Waals surface area contributed by atoms with Gasteiger partial charge in [-0.25, -0.2) is 4.98 Å². The summed E-state index contributed by atoms with van der Waals surface area (Å²) in [6.45, 7) is 2.50. The van der Waals surface area contributed by atoms with Crippen molar-refractivity contribution >= 4 is 33.4 Å². The first kappa shape index (κ1) is 14.0. The third-order valence-corrected chi connectivity index (χ3v) is 3.18. The highest BCUT2D eigenvalue weighted by molar-refractivity contribution is 9.10. The van der Waals surface area contributed by atoms with Crippen molar-refractivity contribution < 1.29 is 4.79 Å². The average Bonchev–Trinajstić information content (AvgIpc) is 2.84. The molecule has 1 amide bonds. The van der Waals surface area contributed by atoms with Crippen LogP contribution in [0.3, 0.4) is 0 Å². The predicted octanol–water partition coefficient (Wildman–Crippen LogP) is 2.51. The lowest BCUT2D eigenvalue weighted by Gasteiger charge is -2.14. The zero-order chi connectivity index (χ0) is 13.8. The van der Waals surface area contributed by atoms with Crippen molar-refractivity contribution in [3.8, 4) is 0 Å². The van der Waals surface area contributed by atoms with Gasteiger partial charge in [-0.1, -0.05) is 11.6 Å². The first-order valence-corrected chi connectivity index (χ1v) is 6.82. The molecule has 0 aliphatic heterocycles. The zero-order valence-electron chi connectivity index (χ0n) is 10.2. The molecular formula is C12H12BrClN4O. The standard InChI is InChI=1S/C12H12BrClN4O/c1-8(7-18-4-2-3-16-18)17-12(19)10-5-9(13)6-15-11(10)14/h2-6,8H,7H2,1H3,(H,17,19). The summed E-state index contributed by atoms with van der Waals surface area (Å²) in [5.74, 6) is -0.251. The lowest BCUT2D eigenvalue weighted by Crippen LogP contribution is -2.36. The number of nitrogens with zero attached hydrogens (tertiary/aromatic N) is 3. The summed E-state index contributed by atoms with van der Waals surface area (Å²) in [7, 11) is 0. The van der Waals surface area contributed by atoms with Crippen molar-refractivity contribution in [2.24, 2.45) is 0 Å². The van der Waals surface area contributed by atoms with Gasteiger partial charge >= 0.3 is 0 Å². The van der Waals surface area contributed by atoms with Crippen LogP contribution in [0.4, 0.5) is 0 Å². The van der Waals surface area contributed by atoms with Gasteiger partial charge in [0, 0.05) is 29.1 Å². The third-order valence-electron chi connectivity index (χ3n) is 2.45. The van der Waals surface area contributed by atoms with Crippen LogP contribution >= 0.6 is 27.5 Å². The number of nitrogens with one attached hydrogen (secondary N) is 1. The second-order valence-electron chi connectivity index (χ2n) is 4.09. The normalized spacial score (nSPS) is 12.2. The number of carbonyl (C=O) groups excluding carboxylic acids is 1. The highest BCUT2D eigenvalue weighted by Crippen LogP contribution is 2.18. The number of hydrogen-bond acceptors (Lipinski definition) is 3. The van der Waals surface area contributed by atoms with E-state index >= 15 is 0 Å². The molecule has 19 heavy (non-hydrogen) atoms. The molecule has 7 heteroatoms. The molecule has 0 saturated heterocycles. The molecule has 0 saturated carbocycles. The minimum absolute atomic E-state index is 0.0672. The van der Waals surface area contributed by atoms with Crippen LogP contribution in [-0.4, -0.2) is 26.7 Å². The number of aromatic nitrogens is 3. The van der Waals surface area contributed by atoms with Gasteiger partial charge in [-0.3, -0.25) is 9.48 Å². The van der Waals surface area contributed by atoms with Gasteiger partial charge in [-0.2, -0.15) is 5.10 Å². The van der Waals surface area contributed by atoms with E-state index < -0.39 is 0 Å².